The maximum Gasteiger partial charge on any atom is 0.262 e. The largest absolute Gasteiger partial charge is 0.489 e. The lowest BCUT2D eigenvalue weighted by atomic mass is 10.0. The minimum Gasteiger partial charge on any atom is -0.489 e. The Morgan fingerprint density at radius 1 is 1.00 bits per heavy atom. The molecule has 0 aromatic heterocycles. The third kappa shape index (κ3) is 8.02. The van der Waals surface area contributed by atoms with Gasteiger partial charge in [-0.1, -0.05) is 49.9 Å². The van der Waals surface area contributed by atoms with Gasteiger partial charge in [-0.25, -0.2) is 8.42 Å². The van der Waals surface area contributed by atoms with Crippen LogP contribution in [0.2, 0.25) is 0 Å². The lowest BCUT2D eigenvalue weighted by molar-refractivity contribution is -0.118. The maximum atomic E-state index is 13.1. The van der Waals surface area contributed by atoms with Crippen LogP contribution in [0.1, 0.15) is 48.6 Å². The zero-order valence-electron chi connectivity index (χ0n) is 24.2. The van der Waals surface area contributed by atoms with E-state index in [4.69, 9.17) is 9.47 Å². The molecule has 1 amide bonds. The van der Waals surface area contributed by atoms with E-state index in [9.17, 15) is 18.3 Å². The van der Waals surface area contributed by atoms with Crippen LogP contribution in [-0.4, -0.2) is 38.6 Å². The van der Waals surface area contributed by atoms with E-state index < -0.39 is 16.1 Å². The molecule has 0 spiro atoms. The quantitative estimate of drug-likeness (QED) is 0.187. The highest BCUT2D eigenvalue weighted by Gasteiger charge is 2.23. The molecule has 0 saturated carbocycles. The van der Waals surface area contributed by atoms with Gasteiger partial charge in [0.05, 0.1) is 16.7 Å². The normalized spacial score (nSPS) is 17.1. The number of carbonyl (C=O) groups is 1. The van der Waals surface area contributed by atoms with E-state index in [2.05, 4.69) is 21.4 Å². The van der Waals surface area contributed by atoms with E-state index in [1.54, 1.807) is 30.3 Å². The summed E-state index contributed by atoms with van der Waals surface area (Å²) in [7, 11) is -3.85. The van der Waals surface area contributed by atoms with Gasteiger partial charge in [-0.3, -0.25) is 9.52 Å². The van der Waals surface area contributed by atoms with Gasteiger partial charge in [-0.2, -0.15) is 0 Å². The van der Waals surface area contributed by atoms with Gasteiger partial charge in [0.1, 0.15) is 18.1 Å². The molecule has 1 aliphatic heterocycles. The van der Waals surface area contributed by atoms with Crippen molar-refractivity contribution >= 4 is 27.3 Å². The number of rotatable bonds is 8. The number of aliphatic hydroxyl groups is 1. The first-order valence-electron chi connectivity index (χ1n) is 14.7. The van der Waals surface area contributed by atoms with E-state index in [-0.39, 0.29) is 49.7 Å². The van der Waals surface area contributed by atoms with E-state index in [0.717, 1.165) is 42.5 Å². The summed E-state index contributed by atoms with van der Waals surface area (Å²) < 4.78 is 40.6. The van der Waals surface area contributed by atoms with Gasteiger partial charge < -0.3 is 25.2 Å². The van der Waals surface area contributed by atoms with Crippen LogP contribution in [0.4, 0.5) is 11.4 Å². The smallest absolute Gasteiger partial charge is 0.262 e. The predicted octanol–water partition coefficient (Wildman–Crippen LogP) is 5.60. The summed E-state index contributed by atoms with van der Waals surface area (Å²) in [6.45, 7) is 0.381. The molecule has 6 rings (SSSR count). The Morgan fingerprint density at radius 3 is 2.69 bits per heavy atom. The molecule has 2 atom stereocenters. The molecule has 1 unspecified atom stereocenters. The highest BCUT2D eigenvalue weighted by molar-refractivity contribution is 7.92. The minimum absolute atomic E-state index is 0. The summed E-state index contributed by atoms with van der Waals surface area (Å²) in [5, 5.41) is 17.5. The molecule has 4 aromatic carbocycles. The van der Waals surface area contributed by atoms with Crippen molar-refractivity contribution in [3.63, 3.8) is 0 Å². The summed E-state index contributed by atoms with van der Waals surface area (Å²) in [5.41, 5.74) is 4.60. The number of aryl methyl sites for hydroxylation is 1. The molecule has 1 heterocycles. The summed E-state index contributed by atoms with van der Waals surface area (Å²) >= 11 is 0. The van der Waals surface area contributed by atoms with Crippen LogP contribution in [0.15, 0.2) is 95.9 Å². The molecule has 0 saturated heterocycles. The number of benzene rings is 4. The number of carbonyl (C=O) groups excluding carboxylic acids is 1. The number of para-hydroxylation sites is 1. The highest BCUT2D eigenvalue weighted by Crippen LogP contribution is 2.32. The number of hydrogen-bond acceptors (Lipinski definition) is 7. The van der Waals surface area contributed by atoms with Gasteiger partial charge in [0.25, 0.3) is 15.9 Å². The van der Waals surface area contributed by atoms with Gasteiger partial charge in [0.15, 0.2) is 6.61 Å². The number of amides is 1. The minimum atomic E-state index is -3.85. The van der Waals surface area contributed by atoms with Crippen LogP contribution in [0.3, 0.4) is 0 Å². The van der Waals surface area contributed by atoms with Crippen LogP contribution in [-0.2, 0) is 34.3 Å². The average Bonchev–Trinajstić information content (AvgIpc) is 3.23. The Balaban J connectivity index is 0.00000400. The first-order chi connectivity index (χ1) is 21.3. The number of anilines is 2. The van der Waals surface area contributed by atoms with Crippen molar-refractivity contribution in [2.45, 2.75) is 56.8 Å². The summed E-state index contributed by atoms with van der Waals surface area (Å²) in [5.74, 6) is 0.909. The molecule has 45 heavy (non-hydrogen) atoms. The molecule has 0 fully saturated rings. The fourth-order valence-electron chi connectivity index (χ4n) is 5.64. The SMILES string of the molecule is C.O=C(COc1ccc2c(c1)CC(NC[C@H](O)c1ccc3cc1NS(=O)(=O)c1cccc(c1)CO3)CCC2)Nc1ccccc1. The molecule has 4 aromatic rings. The zero-order chi connectivity index (χ0) is 30.5. The highest BCUT2D eigenvalue weighted by atomic mass is 32.2. The van der Waals surface area contributed by atoms with E-state index in [0.29, 0.717) is 17.1 Å². The van der Waals surface area contributed by atoms with Crippen LogP contribution in [0.5, 0.6) is 11.5 Å². The second kappa shape index (κ2) is 14.2. The Morgan fingerprint density at radius 2 is 1.84 bits per heavy atom. The van der Waals surface area contributed by atoms with Gasteiger partial charge in [0, 0.05) is 29.9 Å². The van der Waals surface area contributed by atoms with Crippen molar-refractivity contribution < 1.29 is 27.8 Å². The van der Waals surface area contributed by atoms with Gasteiger partial charge in [-0.05, 0) is 84.8 Å². The standard InChI is InChI=1S/C34H35N3O6S.CH4/c38-33(31-15-14-29-19-32(31)37-44(40,41)30-11-4-6-23(16-30)21-42-29)20-35-27-10-5-7-24-12-13-28(18-25(24)17-27)43-22-34(39)36-26-8-2-1-3-9-26;/h1-4,6,8-9,11-16,18-19,27,33,35,37-38H,5,7,10,17,20-22H2,(H,36,39);1H4/t27?,33-;/m0./s1. The van der Waals surface area contributed by atoms with E-state index in [1.165, 1.54) is 11.6 Å². The third-order valence-electron chi connectivity index (χ3n) is 7.91. The van der Waals surface area contributed by atoms with Crippen LogP contribution in [0, 0.1) is 0 Å². The molecule has 236 valence electrons. The first-order valence-corrected chi connectivity index (χ1v) is 16.2. The zero-order valence-corrected chi connectivity index (χ0v) is 25.0. The topological polar surface area (TPSA) is 126 Å². The second-order valence-corrected chi connectivity index (χ2v) is 12.8. The van der Waals surface area contributed by atoms with Crippen molar-refractivity contribution in [3.8, 4) is 11.5 Å². The van der Waals surface area contributed by atoms with Gasteiger partial charge in [0.2, 0.25) is 0 Å². The summed E-state index contributed by atoms with van der Waals surface area (Å²) in [4.78, 5) is 12.5. The van der Waals surface area contributed by atoms with Gasteiger partial charge >= 0.3 is 0 Å². The fourth-order valence-corrected chi connectivity index (χ4v) is 6.79. The van der Waals surface area contributed by atoms with Crippen molar-refractivity contribution in [1.82, 2.24) is 5.32 Å². The number of fused-ring (bicyclic) bond motifs is 5. The Kier molecular flexibility index (Phi) is 10.1. The van der Waals surface area contributed by atoms with E-state index >= 15 is 0 Å². The second-order valence-electron chi connectivity index (χ2n) is 11.1. The first kappa shape index (κ1) is 32.0. The lowest BCUT2D eigenvalue weighted by Gasteiger charge is -2.23. The third-order valence-corrected chi connectivity index (χ3v) is 9.28. The van der Waals surface area contributed by atoms with Crippen LogP contribution in [0.25, 0.3) is 0 Å². The molecular weight excluding hydrogens is 590 g/mol. The van der Waals surface area contributed by atoms with Crippen molar-refractivity contribution in [2.75, 3.05) is 23.2 Å². The number of aliphatic hydroxyl groups excluding tert-OH is 1. The Bertz CT molecular complexity index is 1750. The molecule has 10 heteroatoms. The molecule has 2 aliphatic rings. The van der Waals surface area contributed by atoms with Crippen molar-refractivity contribution in [3.05, 3.63) is 113 Å². The van der Waals surface area contributed by atoms with E-state index in [1.807, 2.05) is 48.5 Å². The Hall–Kier alpha value is -4.38. The van der Waals surface area contributed by atoms with Gasteiger partial charge in [-0.15, -0.1) is 0 Å². The fraction of sp³-hybridized carbons (Fsp3) is 0.286. The molecule has 0 radical (unpaired) electrons. The monoisotopic (exact) mass is 629 g/mol. The molecular formula is C35H39N3O6S. The number of hydrogen-bond donors (Lipinski definition) is 4. The lowest BCUT2D eigenvalue weighted by Crippen LogP contribution is -2.34. The van der Waals surface area contributed by atoms with Crippen molar-refractivity contribution in [2.24, 2.45) is 0 Å². The number of sulfonamides is 1. The van der Waals surface area contributed by atoms with Crippen LogP contribution < -0.4 is 24.8 Å². The van der Waals surface area contributed by atoms with Crippen molar-refractivity contribution in [1.29, 1.82) is 0 Å². The molecule has 1 aliphatic carbocycles. The molecule has 4 N–H and O–H groups in total. The average molecular weight is 630 g/mol. The van der Waals surface area contributed by atoms with Crippen LogP contribution >= 0.6 is 0 Å². The Labute approximate surface area is 264 Å². The predicted molar refractivity (Wildman–Crippen MR) is 175 cm³/mol. The molecule has 9 nitrogen and oxygen atoms in total. The molecule has 4 bridgehead atoms. The number of nitrogens with one attached hydrogen (secondary N) is 3. The summed E-state index contributed by atoms with van der Waals surface area (Å²) in [6.07, 6.45) is 2.60. The number of ether oxygens (including phenoxy) is 2. The summed E-state index contributed by atoms with van der Waals surface area (Å²) in [6, 6.07) is 27.0. The maximum absolute atomic E-state index is 13.1.